The van der Waals surface area contributed by atoms with E-state index in [4.69, 9.17) is 9.15 Å². The van der Waals surface area contributed by atoms with Gasteiger partial charge in [0.05, 0.1) is 24.6 Å². The molecule has 0 saturated carbocycles. The Balaban J connectivity index is 2.14. The van der Waals surface area contributed by atoms with Crippen LogP contribution in [0.2, 0.25) is 0 Å². The quantitative estimate of drug-likeness (QED) is 0.844. The fourth-order valence-electron chi connectivity index (χ4n) is 2.05. The van der Waals surface area contributed by atoms with Gasteiger partial charge >= 0.3 is 0 Å². The molecule has 0 aliphatic rings. The summed E-state index contributed by atoms with van der Waals surface area (Å²) < 4.78 is 12.1. The average molecular weight is 276 g/mol. The Kier molecular flexibility index (Phi) is 5.01. The molecule has 0 fully saturated rings. The first kappa shape index (κ1) is 14.4. The molecule has 1 unspecified atom stereocenters. The van der Waals surface area contributed by atoms with Gasteiger partial charge in [0.15, 0.2) is 0 Å². The van der Waals surface area contributed by atoms with Gasteiger partial charge in [0, 0.05) is 25.9 Å². The van der Waals surface area contributed by atoms with E-state index in [2.05, 4.69) is 12.2 Å². The molecule has 1 atom stereocenters. The number of rotatable bonds is 7. The molecule has 0 saturated heterocycles. The topological polar surface area (TPSA) is 56.4 Å². The van der Waals surface area contributed by atoms with Gasteiger partial charge in [-0.3, -0.25) is 4.79 Å². The number of anilines is 1. The van der Waals surface area contributed by atoms with Gasteiger partial charge in [0.1, 0.15) is 5.76 Å². The van der Waals surface area contributed by atoms with Crippen LogP contribution in [-0.2, 0) is 11.3 Å². The van der Waals surface area contributed by atoms with Gasteiger partial charge in [0.2, 0.25) is 0 Å². The van der Waals surface area contributed by atoms with Gasteiger partial charge in [-0.25, -0.2) is 0 Å². The Morgan fingerprint density at radius 3 is 2.90 bits per heavy atom. The molecule has 0 aliphatic heterocycles. The maximum atomic E-state index is 11.7. The van der Waals surface area contributed by atoms with Crippen molar-refractivity contribution in [3.05, 3.63) is 52.8 Å². The van der Waals surface area contributed by atoms with Crippen LogP contribution in [0.25, 0.3) is 0 Å². The van der Waals surface area contributed by atoms with Crippen molar-refractivity contribution < 1.29 is 9.15 Å². The van der Waals surface area contributed by atoms with Crippen molar-refractivity contribution in [1.29, 1.82) is 0 Å². The zero-order valence-electron chi connectivity index (χ0n) is 11.8. The van der Waals surface area contributed by atoms with E-state index in [0.29, 0.717) is 13.2 Å². The molecule has 0 bridgehead atoms. The molecule has 20 heavy (non-hydrogen) atoms. The monoisotopic (exact) mass is 276 g/mol. The number of furan rings is 1. The number of aromatic nitrogens is 1. The van der Waals surface area contributed by atoms with Gasteiger partial charge in [0.25, 0.3) is 5.56 Å². The van der Waals surface area contributed by atoms with Crippen molar-refractivity contribution in [1.82, 2.24) is 4.57 Å². The van der Waals surface area contributed by atoms with E-state index in [9.17, 15) is 4.79 Å². The highest BCUT2D eigenvalue weighted by Crippen LogP contribution is 2.22. The molecule has 2 rings (SSSR count). The van der Waals surface area contributed by atoms with E-state index < -0.39 is 0 Å². The van der Waals surface area contributed by atoms with Crippen molar-refractivity contribution in [3.63, 3.8) is 0 Å². The number of pyridine rings is 1. The number of nitrogens with zero attached hydrogens (tertiary/aromatic N) is 1. The normalized spacial score (nSPS) is 12.3. The number of hydrogen-bond donors (Lipinski definition) is 1. The Labute approximate surface area is 118 Å². The zero-order chi connectivity index (χ0) is 14.4. The van der Waals surface area contributed by atoms with Crippen LogP contribution in [0.5, 0.6) is 0 Å². The van der Waals surface area contributed by atoms with Gasteiger partial charge in [-0.05, 0) is 24.6 Å². The Morgan fingerprint density at radius 2 is 2.25 bits per heavy atom. The molecular weight excluding hydrogens is 256 g/mol. The van der Waals surface area contributed by atoms with Crippen molar-refractivity contribution in [2.75, 3.05) is 19.0 Å². The van der Waals surface area contributed by atoms with Crippen LogP contribution < -0.4 is 10.9 Å². The van der Waals surface area contributed by atoms with E-state index in [-0.39, 0.29) is 11.6 Å². The minimum absolute atomic E-state index is 0.0290. The number of nitrogens with one attached hydrogen (secondary N) is 1. The molecule has 2 aromatic heterocycles. The fourth-order valence-corrected chi connectivity index (χ4v) is 2.05. The van der Waals surface area contributed by atoms with Crippen molar-refractivity contribution in [2.45, 2.75) is 25.9 Å². The van der Waals surface area contributed by atoms with Gasteiger partial charge in [-0.2, -0.15) is 0 Å². The highest BCUT2D eigenvalue weighted by molar-refractivity contribution is 5.42. The summed E-state index contributed by atoms with van der Waals surface area (Å²) in [5.41, 5.74) is 0.864. The van der Waals surface area contributed by atoms with E-state index in [1.807, 2.05) is 18.3 Å². The summed E-state index contributed by atoms with van der Waals surface area (Å²) in [6.07, 6.45) is 4.37. The lowest BCUT2D eigenvalue weighted by molar-refractivity contribution is 0.186. The van der Waals surface area contributed by atoms with E-state index in [1.54, 1.807) is 30.1 Å². The van der Waals surface area contributed by atoms with Gasteiger partial charge in [-0.1, -0.05) is 6.92 Å². The minimum atomic E-state index is -0.0290. The SMILES string of the molecule is CCC(Nc1ccc(=O)n(CCOC)c1)c1ccco1. The van der Waals surface area contributed by atoms with Crippen LogP contribution in [0.15, 0.2) is 45.9 Å². The van der Waals surface area contributed by atoms with Crippen LogP contribution in [0.4, 0.5) is 5.69 Å². The lowest BCUT2D eigenvalue weighted by Gasteiger charge is -2.17. The molecule has 0 radical (unpaired) electrons. The molecule has 2 heterocycles. The summed E-state index contributed by atoms with van der Waals surface area (Å²) in [5.74, 6) is 0.891. The van der Waals surface area contributed by atoms with E-state index in [1.165, 1.54) is 0 Å². The molecule has 0 spiro atoms. The van der Waals surface area contributed by atoms with Crippen molar-refractivity contribution in [2.24, 2.45) is 0 Å². The molecule has 0 amide bonds. The summed E-state index contributed by atoms with van der Waals surface area (Å²) in [6.45, 7) is 3.14. The Hall–Kier alpha value is -2.01. The summed E-state index contributed by atoms with van der Waals surface area (Å²) in [5, 5.41) is 3.38. The van der Waals surface area contributed by atoms with E-state index in [0.717, 1.165) is 17.9 Å². The second-order valence-corrected chi connectivity index (χ2v) is 4.56. The third-order valence-electron chi connectivity index (χ3n) is 3.16. The molecule has 0 aromatic carbocycles. The lowest BCUT2D eigenvalue weighted by atomic mass is 10.1. The van der Waals surface area contributed by atoms with Crippen molar-refractivity contribution in [3.8, 4) is 0 Å². The second kappa shape index (κ2) is 6.96. The number of hydrogen-bond acceptors (Lipinski definition) is 4. The second-order valence-electron chi connectivity index (χ2n) is 4.56. The smallest absolute Gasteiger partial charge is 0.250 e. The number of ether oxygens (including phenoxy) is 1. The van der Waals surface area contributed by atoms with E-state index >= 15 is 0 Å². The largest absolute Gasteiger partial charge is 0.467 e. The Morgan fingerprint density at radius 1 is 1.40 bits per heavy atom. The average Bonchev–Trinajstić information content (AvgIpc) is 2.99. The molecule has 5 nitrogen and oxygen atoms in total. The predicted octanol–water partition coefficient (Wildman–Crippen LogP) is 2.65. The minimum Gasteiger partial charge on any atom is -0.467 e. The lowest BCUT2D eigenvalue weighted by Crippen LogP contribution is -2.21. The standard InChI is InChI=1S/C15H20N2O3/c1-3-13(14-5-4-9-20-14)16-12-6-7-15(18)17(11-12)8-10-19-2/h4-7,9,11,13,16H,3,8,10H2,1-2H3. The molecule has 0 aliphatic carbocycles. The summed E-state index contributed by atoms with van der Waals surface area (Å²) in [6, 6.07) is 7.27. The van der Waals surface area contributed by atoms with Crippen LogP contribution in [0.3, 0.4) is 0 Å². The van der Waals surface area contributed by atoms with Crippen LogP contribution >= 0.6 is 0 Å². The molecule has 5 heteroatoms. The fraction of sp³-hybridized carbons (Fsp3) is 0.400. The highest BCUT2D eigenvalue weighted by atomic mass is 16.5. The van der Waals surface area contributed by atoms with Crippen molar-refractivity contribution >= 4 is 5.69 Å². The van der Waals surface area contributed by atoms with Gasteiger partial charge < -0.3 is 19.0 Å². The van der Waals surface area contributed by atoms with Gasteiger partial charge in [-0.15, -0.1) is 0 Å². The zero-order valence-corrected chi connectivity index (χ0v) is 11.8. The maximum absolute atomic E-state index is 11.7. The molecule has 108 valence electrons. The van der Waals surface area contributed by atoms with Crippen LogP contribution in [-0.4, -0.2) is 18.3 Å². The Bertz CT molecular complexity index is 575. The summed E-state index contributed by atoms with van der Waals surface area (Å²) in [7, 11) is 1.62. The summed E-state index contributed by atoms with van der Waals surface area (Å²) >= 11 is 0. The first-order chi connectivity index (χ1) is 9.74. The first-order valence-electron chi connectivity index (χ1n) is 6.74. The first-order valence-corrected chi connectivity index (χ1v) is 6.74. The predicted molar refractivity (Wildman–Crippen MR) is 77.9 cm³/mol. The molecule has 1 N–H and O–H groups in total. The summed E-state index contributed by atoms with van der Waals surface area (Å²) in [4.78, 5) is 11.7. The third kappa shape index (κ3) is 3.51. The number of methoxy groups -OCH3 is 1. The highest BCUT2D eigenvalue weighted by Gasteiger charge is 2.12. The third-order valence-corrected chi connectivity index (χ3v) is 3.16. The van der Waals surface area contributed by atoms with Crippen LogP contribution in [0, 0.1) is 0 Å². The molecular formula is C15H20N2O3. The van der Waals surface area contributed by atoms with Crippen LogP contribution in [0.1, 0.15) is 25.1 Å². The maximum Gasteiger partial charge on any atom is 0.250 e. The molecule has 2 aromatic rings.